The Morgan fingerprint density at radius 1 is 1.44 bits per heavy atom. The molecule has 13 heteroatoms. The molecule has 0 aliphatic carbocycles. The van der Waals surface area contributed by atoms with Crippen LogP contribution >= 0.6 is 0 Å². The zero-order valence-electron chi connectivity index (χ0n) is 18.1. The van der Waals surface area contributed by atoms with Crippen LogP contribution in [0.4, 0.5) is 23.7 Å². The minimum Gasteiger partial charge on any atom is -0.373 e. The summed E-state index contributed by atoms with van der Waals surface area (Å²) in [4.78, 5) is 32.8. The third kappa shape index (κ3) is 4.82. The third-order valence-electron chi connectivity index (χ3n) is 5.45. The summed E-state index contributed by atoms with van der Waals surface area (Å²) in [6, 6.07) is 4.92. The molecule has 34 heavy (non-hydrogen) atoms. The molecular formula is C21H21F3N6O4. The highest BCUT2D eigenvalue weighted by Crippen LogP contribution is 2.27. The maximum absolute atomic E-state index is 13.5. The lowest BCUT2D eigenvalue weighted by Gasteiger charge is -2.27. The molecule has 0 saturated carbocycles. The van der Waals surface area contributed by atoms with Gasteiger partial charge >= 0.3 is 6.03 Å². The molecule has 4 rings (SSSR count). The minimum atomic E-state index is -2.61. The number of benzene rings is 1. The van der Waals surface area contributed by atoms with Crippen molar-refractivity contribution < 1.29 is 32.3 Å². The quantitative estimate of drug-likeness (QED) is 0.705. The fraction of sp³-hybridized carbons (Fsp3) is 0.429. The molecular weight excluding hydrogens is 457 g/mol. The van der Waals surface area contributed by atoms with Crippen molar-refractivity contribution in [2.45, 2.75) is 32.0 Å². The van der Waals surface area contributed by atoms with Crippen molar-refractivity contribution >= 4 is 17.6 Å². The summed E-state index contributed by atoms with van der Waals surface area (Å²) in [6.45, 7) is -0.366. The number of nitrogens with zero attached hydrogens (tertiary/aromatic N) is 5. The Kier molecular flexibility index (Phi) is 6.71. The number of fused-ring (bicyclic) bond motifs is 3. The van der Waals surface area contributed by atoms with E-state index in [2.05, 4.69) is 10.4 Å². The van der Waals surface area contributed by atoms with Gasteiger partial charge in [0.2, 0.25) is 0 Å². The highest BCUT2D eigenvalue weighted by molar-refractivity contribution is 5.94. The second-order valence-corrected chi connectivity index (χ2v) is 7.82. The van der Waals surface area contributed by atoms with Crippen LogP contribution in [0.5, 0.6) is 0 Å². The molecule has 1 atom stereocenters. The molecule has 180 valence electrons. The van der Waals surface area contributed by atoms with E-state index in [1.165, 1.54) is 28.8 Å². The number of nitriles is 1. The number of ether oxygens (including phenoxy) is 1. The average Bonchev–Trinajstić information content (AvgIpc) is 3.10. The first-order valence-electron chi connectivity index (χ1n) is 10.4. The number of carbonyl (C=O) groups is 2. The van der Waals surface area contributed by atoms with Crippen molar-refractivity contribution in [1.29, 1.82) is 5.26 Å². The fourth-order valence-electron chi connectivity index (χ4n) is 3.88. The van der Waals surface area contributed by atoms with Crippen LogP contribution in [0.3, 0.4) is 0 Å². The van der Waals surface area contributed by atoms with Gasteiger partial charge in [-0.3, -0.25) is 14.3 Å². The monoisotopic (exact) mass is 478 g/mol. The first-order chi connectivity index (χ1) is 16.3. The van der Waals surface area contributed by atoms with Crippen molar-refractivity contribution in [3.8, 4) is 6.07 Å². The van der Waals surface area contributed by atoms with Crippen molar-refractivity contribution in [1.82, 2.24) is 19.7 Å². The Hall–Kier alpha value is -3.63. The number of halogens is 3. The van der Waals surface area contributed by atoms with Crippen LogP contribution in [0.15, 0.2) is 18.2 Å². The van der Waals surface area contributed by atoms with Gasteiger partial charge in [0.05, 0.1) is 31.0 Å². The molecule has 0 bridgehead atoms. The number of urea groups is 1. The van der Waals surface area contributed by atoms with Crippen LogP contribution in [0, 0.1) is 17.1 Å². The van der Waals surface area contributed by atoms with Gasteiger partial charge in [-0.05, 0) is 18.2 Å². The number of rotatable bonds is 5. The van der Waals surface area contributed by atoms with Crippen LogP contribution in [0.1, 0.15) is 27.3 Å². The number of amides is 3. The maximum Gasteiger partial charge on any atom is 0.322 e. The summed E-state index contributed by atoms with van der Waals surface area (Å²) in [5.41, 5.74) is 1.54. The van der Waals surface area contributed by atoms with E-state index >= 15 is 0 Å². The van der Waals surface area contributed by atoms with Crippen LogP contribution in [-0.2, 0) is 29.1 Å². The lowest BCUT2D eigenvalue weighted by atomic mass is 10.1. The summed E-state index contributed by atoms with van der Waals surface area (Å²) >= 11 is 0. The Morgan fingerprint density at radius 2 is 2.24 bits per heavy atom. The molecule has 3 amide bonds. The van der Waals surface area contributed by atoms with Gasteiger partial charge in [-0.2, -0.15) is 10.4 Å². The first kappa shape index (κ1) is 23.5. The second kappa shape index (κ2) is 9.70. The lowest BCUT2D eigenvalue weighted by Crippen LogP contribution is -2.39. The Labute approximate surface area is 192 Å². The standard InChI is InChI=1S/C21H21F3N6O4/c1-28-20(31)19-15-9-29(21(32)26-13-2-3-16(22)12(6-13)7-25)5-4-17(15)27-30(19)8-14(34-28)10-33-11-18(23)24/h2-3,6,14,18H,4-5,8-11H2,1H3,(H,26,32)/t14-/m0/s1. The maximum atomic E-state index is 13.5. The first-order valence-corrected chi connectivity index (χ1v) is 10.4. The predicted molar refractivity (Wildman–Crippen MR) is 110 cm³/mol. The molecule has 0 radical (unpaired) electrons. The largest absolute Gasteiger partial charge is 0.373 e. The Bertz CT molecular complexity index is 1150. The minimum absolute atomic E-state index is 0.0922. The number of aromatic nitrogens is 2. The molecule has 2 aromatic rings. The molecule has 1 N–H and O–H groups in total. The highest BCUT2D eigenvalue weighted by Gasteiger charge is 2.35. The molecule has 2 aliphatic heterocycles. The van der Waals surface area contributed by atoms with Gasteiger partial charge < -0.3 is 15.0 Å². The van der Waals surface area contributed by atoms with Gasteiger partial charge in [0.15, 0.2) is 0 Å². The summed E-state index contributed by atoms with van der Waals surface area (Å²) in [5, 5.41) is 17.1. The molecule has 1 aromatic heterocycles. The molecule has 3 heterocycles. The SMILES string of the molecule is CN1O[C@H](COCC(F)F)Cn2nc3c(c2C1=O)CN(C(=O)Nc1ccc(F)c(C#N)c1)CC3. The second-order valence-electron chi connectivity index (χ2n) is 7.82. The number of hydroxylamine groups is 2. The highest BCUT2D eigenvalue weighted by atomic mass is 19.3. The van der Waals surface area contributed by atoms with Gasteiger partial charge in [0.1, 0.15) is 30.3 Å². The van der Waals surface area contributed by atoms with Gasteiger partial charge in [0.25, 0.3) is 12.3 Å². The van der Waals surface area contributed by atoms with Gasteiger partial charge in [-0.15, -0.1) is 0 Å². The van der Waals surface area contributed by atoms with Crippen molar-refractivity contribution in [2.24, 2.45) is 0 Å². The molecule has 0 saturated heterocycles. The Morgan fingerprint density at radius 3 is 2.97 bits per heavy atom. The molecule has 0 spiro atoms. The van der Waals surface area contributed by atoms with Crippen LogP contribution in [0.2, 0.25) is 0 Å². The van der Waals surface area contributed by atoms with E-state index in [9.17, 15) is 22.8 Å². The lowest BCUT2D eigenvalue weighted by molar-refractivity contribution is -0.169. The summed E-state index contributed by atoms with van der Waals surface area (Å²) < 4.78 is 44.7. The predicted octanol–water partition coefficient (Wildman–Crippen LogP) is 2.15. The summed E-state index contributed by atoms with van der Waals surface area (Å²) in [6.07, 6.45) is -2.93. The number of carbonyl (C=O) groups excluding carboxylic acids is 2. The number of hydrogen-bond donors (Lipinski definition) is 1. The average molecular weight is 478 g/mol. The number of nitrogens with one attached hydrogen (secondary N) is 1. The van der Waals surface area contributed by atoms with Crippen LogP contribution in [0.25, 0.3) is 0 Å². The van der Waals surface area contributed by atoms with E-state index in [4.69, 9.17) is 14.8 Å². The fourth-order valence-corrected chi connectivity index (χ4v) is 3.88. The van der Waals surface area contributed by atoms with E-state index in [1.54, 1.807) is 6.07 Å². The van der Waals surface area contributed by atoms with Gasteiger partial charge in [-0.25, -0.2) is 23.0 Å². The van der Waals surface area contributed by atoms with Crippen molar-refractivity contribution in [3.63, 3.8) is 0 Å². The molecule has 1 aromatic carbocycles. The molecule has 0 fully saturated rings. The molecule has 0 unspecified atom stereocenters. The topological polar surface area (TPSA) is 113 Å². The van der Waals surface area contributed by atoms with Crippen LogP contribution in [-0.4, -0.2) is 71.0 Å². The Balaban J connectivity index is 1.50. The molecule has 2 aliphatic rings. The van der Waals surface area contributed by atoms with Gasteiger partial charge in [0, 0.05) is 31.3 Å². The normalized spacial score (nSPS) is 17.8. The molecule has 10 nitrogen and oxygen atoms in total. The number of hydrogen-bond acceptors (Lipinski definition) is 6. The van der Waals surface area contributed by atoms with E-state index in [0.29, 0.717) is 24.2 Å². The number of alkyl halides is 2. The zero-order valence-corrected chi connectivity index (χ0v) is 18.1. The van der Waals surface area contributed by atoms with Crippen LogP contribution < -0.4 is 5.32 Å². The number of anilines is 1. The van der Waals surface area contributed by atoms with E-state index in [0.717, 1.165) is 11.1 Å². The zero-order chi connectivity index (χ0) is 24.4. The smallest absolute Gasteiger partial charge is 0.322 e. The van der Waals surface area contributed by atoms with E-state index < -0.39 is 36.9 Å². The van der Waals surface area contributed by atoms with Crippen molar-refractivity contribution in [2.75, 3.05) is 32.1 Å². The van der Waals surface area contributed by atoms with Gasteiger partial charge in [-0.1, -0.05) is 0 Å². The summed E-state index contributed by atoms with van der Waals surface area (Å²) in [7, 11) is 1.41. The van der Waals surface area contributed by atoms with E-state index in [1.807, 2.05) is 0 Å². The van der Waals surface area contributed by atoms with Crippen molar-refractivity contribution in [3.05, 3.63) is 46.5 Å². The van der Waals surface area contributed by atoms with E-state index in [-0.39, 0.29) is 36.6 Å². The third-order valence-corrected chi connectivity index (χ3v) is 5.45. The summed E-state index contributed by atoms with van der Waals surface area (Å²) in [5.74, 6) is -1.17.